The number of nitrogens with zero attached hydrogens (tertiary/aromatic N) is 1. The minimum atomic E-state index is -1.12. The molecule has 1 fully saturated rings. The third-order valence-electron chi connectivity index (χ3n) is 3.84. The highest BCUT2D eigenvalue weighted by Gasteiger charge is 2.33. The number of hydrogen-bond donors (Lipinski definition) is 2. The summed E-state index contributed by atoms with van der Waals surface area (Å²) in [6.07, 6.45) is 1.45. The molecule has 0 unspecified atom stereocenters. The molecule has 2 aromatic carbocycles. The molecule has 1 aliphatic heterocycles. The molecule has 2 aromatic rings. The van der Waals surface area contributed by atoms with E-state index in [1.54, 1.807) is 42.5 Å². The zero-order valence-electron chi connectivity index (χ0n) is 14.3. The first-order valence-electron chi connectivity index (χ1n) is 8.06. The van der Waals surface area contributed by atoms with Gasteiger partial charge in [0.05, 0.1) is 6.54 Å². The van der Waals surface area contributed by atoms with Gasteiger partial charge in [-0.15, -0.1) is 0 Å². The molecule has 0 radical (unpaired) electrons. The van der Waals surface area contributed by atoms with Gasteiger partial charge in [-0.3, -0.25) is 9.69 Å². The second-order valence-electron chi connectivity index (χ2n) is 5.87. The van der Waals surface area contributed by atoms with Crippen molar-refractivity contribution in [3.63, 3.8) is 0 Å². The lowest BCUT2D eigenvalue weighted by Gasteiger charge is -2.11. The zero-order chi connectivity index (χ0) is 20.3. The topological polar surface area (TPSA) is 95.9 Å². The average Bonchev–Trinajstić information content (AvgIpc) is 2.90. The summed E-state index contributed by atoms with van der Waals surface area (Å²) in [6.45, 7) is -0.430. The summed E-state index contributed by atoms with van der Waals surface area (Å²) >= 11 is 9.17. The maximum absolute atomic E-state index is 12.7. The molecule has 0 aliphatic carbocycles. The van der Waals surface area contributed by atoms with E-state index in [4.69, 9.17) is 21.4 Å². The molecule has 0 spiro atoms. The van der Waals surface area contributed by atoms with Gasteiger partial charge in [-0.05, 0) is 42.0 Å². The first kappa shape index (κ1) is 19.9. The van der Waals surface area contributed by atoms with Gasteiger partial charge in [0.15, 0.2) is 6.61 Å². The van der Waals surface area contributed by atoms with Crippen LogP contribution in [0.1, 0.15) is 11.1 Å². The Bertz CT molecular complexity index is 975. The van der Waals surface area contributed by atoms with Crippen LogP contribution in [0.25, 0.3) is 6.08 Å². The Morgan fingerprint density at radius 1 is 1.21 bits per heavy atom. The number of halogens is 2. The molecule has 0 bridgehead atoms. The van der Waals surface area contributed by atoms with Gasteiger partial charge >= 0.3 is 12.0 Å². The highest BCUT2D eigenvalue weighted by Crippen LogP contribution is 2.27. The smallest absolute Gasteiger partial charge is 0.341 e. The number of ether oxygens (including phenoxy) is 1. The van der Waals surface area contributed by atoms with Gasteiger partial charge in [0.25, 0.3) is 5.91 Å². The largest absolute Gasteiger partial charge is 0.481 e. The first-order chi connectivity index (χ1) is 13.3. The van der Waals surface area contributed by atoms with Crippen LogP contribution in [0.5, 0.6) is 5.75 Å². The van der Waals surface area contributed by atoms with Crippen molar-refractivity contribution in [2.24, 2.45) is 0 Å². The van der Waals surface area contributed by atoms with Gasteiger partial charge in [0.1, 0.15) is 11.4 Å². The summed E-state index contributed by atoms with van der Waals surface area (Å²) in [7, 11) is 0. The first-order valence-corrected chi connectivity index (χ1v) is 9.24. The van der Waals surface area contributed by atoms with Crippen molar-refractivity contribution < 1.29 is 24.2 Å². The van der Waals surface area contributed by atoms with Crippen molar-refractivity contribution in [3.05, 3.63) is 68.8 Å². The normalized spacial score (nSPS) is 15.1. The van der Waals surface area contributed by atoms with E-state index < -0.39 is 24.5 Å². The van der Waals surface area contributed by atoms with Crippen LogP contribution in [0.15, 0.2) is 52.6 Å². The summed E-state index contributed by atoms with van der Waals surface area (Å²) in [6, 6.07) is 11.2. The van der Waals surface area contributed by atoms with Crippen LogP contribution >= 0.6 is 27.5 Å². The van der Waals surface area contributed by atoms with E-state index >= 15 is 0 Å². The maximum Gasteiger partial charge on any atom is 0.341 e. The van der Waals surface area contributed by atoms with Crippen LogP contribution < -0.4 is 10.1 Å². The van der Waals surface area contributed by atoms with Crippen LogP contribution in [0.3, 0.4) is 0 Å². The molecular weight excluding hydrogens is 452 g/mol. The number of imide groups is 1. The molecule has 1 saturated heterocycles. The van der Waals surface area contributed by atoms with E-state index in [0.29, 0.717) is 15.1 Å². The molecule has 3 amide bonds. The van der Waals surface area contributed by atoms with E-state index in [2.05, 4.69) is 21.2 Å². The SMILES string of the molecule is O=C(O)COc1ccc(Br)cc1/C=C1\NC(=O)N(Cc2ccc(Cl)cc2)C1=O. The lowest BCUT2D eigenvalue weighted by Crippen LogP contribution is -2.30. The fourth-order valence-electron chi connectivity index (χ4n) is 2.55. The molecule has 0 aromatic heterocycles. The summed E-state index contributed by atoms with van der Waals surface area (Å²) in [4.78, 5) is 36.7. The lowest BCUT2D eigenvalue weighted by atomic mass is 10.1. The monoisotopic (exact) mass is 464 g/mol. The number of nitrogens with one attached hydrogen (secondary N) is 1. The maximum atomic E-state index is 12.7. The van der Waals surface area contributed by atoms with Crippen LogP contribution in [-0.2, 0) is 16.1 Å². The van der Waals surface area contributed by atoms with Gasteiger partial charge in [0.2, 0.25) is 0 Å². The number of urea groups is 1. The van der Waals surface area contributed by atoms with Crippen molar-refractivity contribution in [1.29, 1.82) is 0 Å². The minimum absolute atomic E-state index is 0.0669. The van der Waals surface area contributed by atoms with E-state index in [9.17, 15) is 14.4 Å². The van der Waals surface area contributed by atoms with Crippen molar-refractivity contribution in [3.8, 4) is 5.75 Å². The van der Waals surface area contributed by atoms with Crippen molar-refractivity contribution >= 4 is 51.5 Å². The van der Waals surface area contributed by atoms with Crippen molar-refractivity contribution in [1.82, 2.24) is 10.2 Å². The third-order valence-corrected chi connectivity index (χ3v) is 4.58. The summed E-state index contributed by atoms with van der Waals surface area (Å²) in [5.74, 6) is -1.35. The van der Waals surface area contributed by atoms with Crippen LogP contribution in [-0.4, -0.2) is 34.5 Å². The second-order valence-corrected chi connectivity index (χ2v) is 7.22. The number of carboxylic acid groups (broad SMARTS) is 1. The highest BCUT2D eigenvalue weighted by molar-refractivity contribution is 9.10. The fraction of sp³-hybridized carbons (Fsp3) is 0.105. The predicted octanol–water partition coefficient (Wildman–Crippen LogP) is 3.66. The molecule has 0 atom stereocenters. The number of carbonyl (C=O) groups is 3. The Morgan fingerprint density at radius 2 is 1.93 bits per heavy atom. The predicted molar refractivity (Wildman–Crippen MR) is 106 cm³/mol. The van der Waals surface area contributed by atoms with E-state index in [1.165, 1.54) is 6.08 Å². The third kappa shape index (κ3) is 4.71. The standard InChI is InChI=1S/C19H14BrClN2O5/c20-13-3-6-16(28-10-17(24)25)12(7-13)8-15-18(26)23(19(27)22-15)9-11-1-4-14(21)5-2-11/h1-8H,9-10H2,(H,22,27)(H,24,25)/b15-8-. The highest BCUT2D eigenvalue weighted by atomic mass is 79.9. The number of carbonyl (C=O) groups excluding carboxylic acids is 2. The molecule has 9 heteroatoms. The second kappa shape index (κ2) is 8.45. The molecule has 0 saturated carbocycles. The molecule has 7 nitrogen and oxygen atoms in total. The molecule has 28 heavy (non-hydrogen) atoms. The Morgan fingerprint density at radius 3 is 2.61 bits per heavy atom. The van der Waals surface area contributed by atoms with Gasteiger partial charge in [-0.1, -0.05) is 39.7 Å². The Kier molecular flexibility index (Phi) is 6.01. The number of hydrogen-bond acceptors (Lipinski definition) is 4. The van der Waals surface area contributed by atoms with Gasteiger partial charge in [0, 0.05) is 15.1 Å². The van der Waals surface area contributed by atoms with E-state index in [1.807, 2.05) is 0 Å². The lowest BCUT2D eigenvalue weighted by molar-refractivity contribution is -0.139. The molecule has 144 valence electrons. The van der Waals surface area contributed by atoms with E-state index in [-0.39, 0.29) is 18.0 Å². The van der Waals surface area contributed by atoms with Gasteiger partial charge in [-0.2, -0.15) is 0 Å². The fourth-order valence-corrected chi connectivity index (χ4v) is 3.05. The number of rotatable bonds is 6. The summed E-state index contributed by atoms with van der Waals surface area (Å²) in [5.41, 5.74) is 1.27. The molecule has 1 aliphatic rings. The zero-order valence-corrected chi connectivity index (χ0v) is 16.7. The number of amides is 3. The average molecular weight is 466 g/mol. The minimum Gasteiger partial charge on any atom is -0.481 e. The van der Waals surface area contributed by atoms with Crippen LogP contribution in [0.2, 0.25) is 5.02 Å². The quantitative estimate of drug-likeness (QED) is 0.501. The van der Waals surface area contributed by atoms with Crippen LogP contribution in [0, 0.1) is 0 Å². The molecule has 1 heterocycles. The number of benzene rings is 2. The number of carboxylic acids is 1. The van der Waals surface area contributed by atoms with E-state index in [0.717, 1.165) is 10.5 Å². The van der Waals surface area contributed by atoms with Crippen molar-refractivity contribution in [2.75, 3.05) is 6.61 Å². The Labute approximate surface area is 173 Å². The van der Waals surface area contributed by atoms with Gasteiger partial charge < -0.3 is 15.2 Å². The van der Waals surface area contributed by atoms with Gasteiger partial charge in [-0.25, -0.2) is 9.59 Å². The Balaban J connectivity index is 1.84. The summed E-state index contributed by atoms with van der Waals surface area (Å²) < 4.78 is 5.95. The summed E-state index contributed by atoms with van der Waals surface area (Å²) in [5, 5.41) is 11.9. The van der Waals surface area contributed by atoms with Crippen molar-refractivity contribution in [2.45, 2.75) is 6.54 Å². The molecular formula is C19H14BrClN2O5. The molecule has 2 N–H and O–H groups in total. The van der Waals surface area contributed by atoms with Crippen LogP contribution in [0.4, 0.5) is 4.79 Å². The number of aliphatic carboxylic acids is 1. The molecule has 3 rings (SSSR count). The Hall–Kier alpha value is -2.84.